The zero-order valence-corrected chi connectivity index (χ0v) is 15.3. The van der Waals surface area contributed by atoms with Crippen LogP contribution in [-0.2, 0) is 14.8 Å². The van der Waals surface area contributed by atoms with E-state index in [-0.39, 0.29) is 16.8 Å². The highest BCUT2D eigenvalue weighted by atomic mass is 32.2. The second kappa shape index (κ2) is 7.35. The number of rotatable bonds is 5. The summed E-state index contributed by atoms with van der Waals surface area (Å²) in [6, 6.07) is 11.3. The van der Waals surface area contributed by atoms with Gasteiger partial charge in [-0.1, -0.05) is 18.2 Å². The van der Waals surface area contributed by atoms with Crippen molar-refractivity contribution in [2.75, 3.05) is 19.0 Å². The molecule has 0 bridgehead atoms. The van der Waals surface area contributed by atoms with Crippen LogP contribution in [0.4, 0.5) is 5.69 Å². The number of nitrogens with one attached hydrogen (secondary N) is 2. The topological polar surface area (TPSA) is 93.7 Å². The number of carbonyl (C=O) groups excluding carboxylic acids is 1. The van der Waals surface area contributed by atoms with Crippen molar-refractivity contribution in [2.45, 2.75) is 24.3 Å². The van der Waals surface area contributed by atoms with Crippen molar-refractivity contribution in [3.8, 4) is 11.5 Å². The second-order valence-corrected chi connectivity index (χ2v) is 7.61. The van der Waals surface area contributed by atoms with E-state index in [1.54, 1.807) is 0 Å². The Kier molecular flexibility index (Phi) is 5.15. The standard InChI is InChI=1S/C18H20N2O5S/c1-12(21)19-16-11-13(7-8-18(16)24-2)26(22,23)20-15-9-10-25-17-6-4-3-5-14(15)17/h3-8,11,15,20H,9-10H2,1-2H3,(H,19,21). The molecule has 0 spiro atoms. The summed E-state index contributed by atoms with van der Waals surface area (Å²) in [5.74, 6) is 0.750. The third-order valence-electron chi connectivity index (χ3n) is 4.05. The lowest BCUT2D eigenvalue weighted by Crippen LogP contribution is -2.32. The van der Waals surface area contributed by atoms with E-state index in [0.717, 1.165) is 5.56 Å². The summed E-state index contributed by atoms with van der Waals surface area (Å²) >= 11 is 0. The molecule has 0 aliphatic carbocycles. The summed E-state index contributed by atoms with van der Waals surface area (Å²) in [5, 5.41) is 2.58. The van der Waals surface area contributed by atoms with Crippen LogP contribution in [0.5, 0.6) is 11.5 Å². The van der Waals surface area contributed by atoms with E-state index in [0.29, 0.717) is 30.2 Å². The van der Waals surface area contributed by atoms with E-state index in [1.165, 1.54) is 32.2 Å². The third-order valence-corrected chi connectivity index (χ3v) is 5.52. The molecule has 1 amide bonds. The molecule has 1 aliphatic heterocycles. The Morgan fingerprint density at radius 3 is 2.73 bits per heavy atom. The third kappa shape index (κ3) is 3.81. The second-order valence-electron chi connectivity index (χ2n) is 5.89. The summed E-state index contributed by atoms with van der Waals surface area (Å²) in [6.07, 6.45) is 0.533. The minimum absolute atomic E-state index is 0.0472. The zero-order valence-electron chi connectivity index (χ0n) is 14.5. The van der Waals surface area contributed by atoms with Crippen LogP contribution >= 0.6 is 0 Å². The number of methoxy groups -OCH3 is 1. The Balaban J connectivity index is 1.91. The molecule has 0 saturated carbocycles. The molecule has 1 heterocycles. The smallest absolute Gasteiger partial charge is 0.241 e. The van der Waals surface area contributed by atoms with Gasteiger partial charge in [0.1, 0.15) is 11.5 Å². The van der Waals surface area contributed by atoms with E-state index in [4.69, 9.17) is 9.47 Å². The minimum Gasteiger partial charge on any atom is -0.495 e. The van der Waals surface area contributed by atoms with E-state index in [1.807, 2.05) is 24.3 Å². The number of hydrogen-bond acceptors (Lipinski definition) is 5. The Bertz CT molecular complexity index is 927. The molecule has 1 atom stereocenters. The van der Waals surface area contributed by atoms with Gasteiger partial charge in [0.15, 0.2) is 0 Å². The Morgan fingerprint density at radius 2 is 2.00 bits per heavy atom. The first-order valence-electron chi connectivity index (χ1n) is 8.10. The van der Waals surface area contributed by atoms with Crippen molar-refractivity contribution in [3.63, 3.8) is 0 Å². The van der Waals surface area contributed by atoms with Crippen molar-refractivity contribution >= 4 is 21.6 Å². The van der Waals surface area contributed by atoms with Crippen LogP contribution in [0.15, 0.2) is 47.4 Å². The molecule has 138 valence electrons. The quantitative estimate of drug-likeness (QED) is 0.836. The molecule has 0 saturated heterocycles. The molecule has 7 nitrogen and oxygen atoms in total. The highest BCUT2D eigenvalue weighted by Crippen LogP contribution is 2.33. The van der Waals surface area contributed by atoms with E-state index >= 15 is 0 Å². The van der Waals surface area contributed by atoms with Crippen molar-refractivity contribution in [3.05, 3.63) is 48.0 Å². The Labute approximate surface area is 152 Å². The maximum atomic E-state index is 12.8. The van der Waals surface area contributed by atoms with Crippen LogP contribution in [0, 0.1) is 0 Å². The van der Waals surface area contributed by atoms with Gasteiger partial charge < -0.3 is 14.8 Å². The van der Waals surface area contributed by atoms with Crippen molar-refractivity contribution in [2.24, 2.45) is 0 Å². The molecule has 3 rings (SSSR count). The lowest BCUT2D eigenvalue weighted by atomic mass is 10.0. The number of fused-ring (bicyclic) bond motifs is 1. The number of anilines is 1. The first-order chi connectivity index (χ1) is 12.4. The van der Waals surface area contributed by atoms with Gasteiger partial charge in [-0.25, -0.2) is 13.1 Å². The van der Waals surface area contributed by atoms with Crippen LogP contribution in [0.2, 0.25) is 0 Å². The summed E-state index contributed by atoms with van der Waals surface area (Å²) in [4.78, 5) is 11.4. The lowest BCUT2D eigenvalue weighted by Gasteiger charge is -2.26. The molecule has 2 N–H and O–H groups in total. The number of para-hydroxylation sites is 1. The Morgan fingerprint density at radius 1 is 1.23 bits per heavy atom. The summed E-state index contributed by atoms with van der Waals surface area (Å²) in [7, 11) is -2.35. The molecule has 8 heteroatoms. The van der Waals surface area contributed by atoms with E-state index in [2.05, 4.69) is 10.0 Å². The normalized spacial score (nSPS) is 16.3. The SMILES string of the molecule is COc1ccc(S(=O)(=O)NC2CCOc3ccccc32)cc1NC(C)=O. The number of ether oxygens (including phenoxy) is 2. The van der Waals surface area contributed by atoms with Crippen molar-refractivity contribution in [1.29, 1.82) is 0 Å². The van der Waals surface area contributed by atoms with Gasteiger partial charge in [0.2, 0.25) is 15.9 Å². The highest BCUT2D eigenvalue weighted by Gasteiger charge is 2.27. The highest BCUT2D eigenvalue weighted by molar-refractivity contribution is 7.89. The molecular weight excluding hydrogens is 356 g/mol. The van der Waals surface area contributed by atoms with E-state index in [9.17, 15) is 13.2 Å². The van der Waals surface area contributed by atoms with Crippen LogP contribution in [0.25, 0.3) is 0 Å². The lowest BCUT2D eigenvalue weighted by molar-refractivity contribution is -0.114. The van der Waals surface area contributed by atoms with Gasteiger partial charge >= 0.3 is 0 Å². The zero-order chi connectivity index (χ0) is 18.7. The summed E-state index contributed by atoms with van der Waals surface area (Å²) in [5.41, 5.74) is 1.10. The van der Waals surface area contributed by atoms with Gasteiger partial charge in [-0.3, -0.25) is 4.79 Å². The van der Waals surface area contributed by atoms with Crippen molar-refractivity contribution in [1.82, 2.24) is 4.72 Å². The van der Waals surface area contributed by atoms with Gasteiger partial charge in [0, 0.05) is 18.9 Å². The molecular formula is C18H20N2O5S. The van der Waals surface area contributed by atoms with Crippen LogP contribution in [0.1, 0.15) is 24.9 Å². The van der Waals surface area contributed by atoms with Gasteiger partial charge in [0.25, 0.3) is 0 Å². The molecule has 1 aliphatic rings. The molecule has 26 heavy (non-hydrogen) atoms. The average molecular weight is 376 g/mol. The number of amides is 1. The van der Waals surface area contributed by atoms with E-state index < -0.39 is 10.0 Å². The number of sulfonamides is 1. The number of benzene rings is 2. The summed E-state index contributed by atoms with van der Waals surface area (Å²) < 4.78 is 39.1. The average Bonchev–Trinajstić information content (AvgIpc) is 2.61. The molecule has 0 fully saturated rings. The molecule has 0 radical (unpaired) electrons. The van der Waals surface area contributed by atoms with Crippen molar-refractivity contribution < 1.29 is 22.7 Å². The van der Waals surface area contributed by atoms with Gasteiger partial charge in [0.05, 0.1) is 30.3 Å². The fourth-order valence-electron chi connectivity index (χ4n) is 2.86. The van der Waals surface area contributed by atoms with Gasteiger partial charge in [-0.05, 0) is 24.3 Å². The Hall–Kier alpha value is -2.58. The van der Waals surface area contributed by atoms with Crippen LogP contribution in [0.3, 0.4) is 0 Å². The molecule has 2 aromatic carbocycles. The van der Waals surface area contributed by atoms with Gasteiger partial charge in [-0.15, -0.1) is 0 Å². The van der Waals surface area contributed by atoms with Crippen LogP contribution in [-0.4, -0.2) is 28.0 Å². The number of carbonyl (C=O) groups is 1. The maximum absolute atomic E-state index is 12.8. The number of hydrogen-bond donors (Lipinski definition) is 2. The first-order valence-corrected chi connectivity index (χ1v) is 9.59. The summed E-state index contributed by atoms with van der Waals surface area (Å²) in [6.45, 7) is 1.78. The minimum atomic E-state index is -3.80. The molecule has 1 unspecified atom stereocenters. The predicted molar refractivity (Wildman–Crippen MR) is 96.9 cm³/mol. The molecule has 0 aromatic heterocycles. The van der Waals surface area contributed by atoms with Gasteiger partial charge in [-0.2, -0.15) is 0 Å². The van der Waals surface area contributed by atoms with Crippen LogP contribution < -0.4 is 19.5 Å². The molecule has 2 aromatic rings. The fourth-order valence-corrected chi connectivity index (χ4v) is 4.14. The fraction of sp³-hybridized carbons (Fsp3) is 0.278. The monoisotopic (exact) mass is 376 g/mol. The predicted octanol–water partition coefficient (Wildman–Crippen LogP) is 2.46. The maximum Gasteiger partial charge on any atom is 0.241 e. The first kappa shape index (κ1) is 18.2. The largest absolute Gasteiger partial charge is 0.495 e.